The van der Waals surface area contributed by atoms with Crippen molar-refractivity contribution >= 4 is 5.97 Å². The average Bonchev–Trinajstić information content (AvgIpc) is 3.19. The van der Waals surface area contributed by atoms with E-state index in [0.29, 0.717) is 12.5 Å². The van der Waals surface area contributed by atoms with Crippen molar-refractivity contribution in [2.75, 3.05) is 6.61 Å². The highest BCUT2D eigenvalue weighted by molar-refractivity contribution is 5.66. The molecule has 0 radical (unpaired) electrons. The number of unbranched alkanes of at least 4 members (excludes halogenated alkanes) is 10. The monoisotopic (exact) mass is 286 g/mol. The van der Waals surface area contributed by atoms with Crippen molar-refractivity contribution in [2.24, 2.45) is 0 Å². The Morgan fingerprint density at radius 1 is 0.950 bits per heavy atom. The summed E-state index contributed by atoms with van der Waals surface area (Å²) in [6.07, 6.45) is 14.9. The normalized spacial score (nSPS) is 16.4. The molecule has 0 aromatic carbocycles. The molecule has 1 unspecified atom stereocenters. The Labute approximate surface area is 125 Å². The Kier molecular flexibility index (Phi) is 14.4. The fourth-order valence-electron chi connectivity index (χ4n) is 2.04. The van der Waals surface area contributed by atoms with Crippen LogP contribution >= 0.6 is 0 Å². The quantitative estimate of drug-likeness (QED) is 0.397. The molecule has 1 saturated heterocycles. The van der Waals surface area contributed by atoms with E-state index in [9.17, 15) is 4.79 Å². The number of carboxylic acid groups (broad SMARTS) is 1. The number of carbonyl (C=O) groups is 1. The summed E-state index contributed by atoms with van der Waals surface area (Å²) in [4.78, 5) is 10.3. The Bertz CT molecular complexity index is 212. The number of epoxide rings is 1. The molecule has 3 heteroatoms. The third-order valence-corrected chi connectivity index (χ3v) is 3.49. The zero-order valence-corrected chi connectivity index (χ0v) is 13.5. The minimum absolute atomic E-state index is 0.344. The van der Waals surface area contributed by atoms with Crippen molar-refractivity contribution in [3.8, 4) is 0 Å². The number of aliphatic carboxylic acids is 1. The summed E-state index contributed by atoms with van der Waals surface area (Å²) >= 11 is 0. The smallest absolute Gasteiger partial charge is 0.303 e. The maximum Gasteiger partial charge on any atom is 0.303 e. The number of hydrogen-bond donors (Lipinski definition) is 1. The molecule has 0 spiro atoms. The van der Waals surface area contributed by atoms with Gasteiger partial charge in [0.2, 0.25) is 0 Å². The molecule has 1 aliphatic rings. The predicted molar refractivity (Wildman–Crippen MR) is 84.1 cm³/mol. The van der Waals surface area contributed by atoms with E-state index in [2.05, 4.69) is 13.8 Å². The Morgan fingerprint density at radius 2 is 1.30 bits per heavy atom. The second-order valence-electron chi connectivity index (χ2n) is 5.82. The van der Waals surface area contributed by atoms with Crippen molar-refractivity contribution in [3.63, 3.8) is 0 Å². The van der Waals surface area contributed by atoms with Crippen LogP contribution in [0.25, 0.3) is 0 Å². The van der Waals surface area contributed by atoms with Crippen molar-refractivity contribution in [2.45, 2.75) is 97.0 Å². The zero-order chi connectivity index (χ0) is 15.1. The minimum atomic E-state index is -0.657. The summed E-state index contributed by atoms with van der Waals surface area (Å²) < 4.78 is 4.71. The molecule has 0 bridgehead atoms. The van der Waals surface area contributed by atoms with E-state index in [-0.39, 0.29) is 0 Å². The summed E-state index contributed by atoms with van der Waals surface area (Å²) in [5.74, 6) is -0.657. The van der Waals surface area contributed by atoms with Gasteiger partial charge in [0, 0.05) is 6.42 Å². The average molecular weight is 286 g/mol. The Morgan fingerprint density at radius 3 is 1.60 bits per heavy atom. The lowest BCUT2D eigenvalue weighted by molar-refractivity contribution is -0.137. The first-order valence-electron chi connectivity index (χ1n) is 8.50. The number of rotatable bonds is 12. The molecule has 1 aliphatic heterocycles. The highest BCUT2D eigenvalue weighted by atomic mass is 16.6. The molecule has 120 valence electrons. The first kappa shape index (κ1) is 19.4. The van der Waals surface area contributed by atoms with E-state index in [4.69, 9.17) is 9.84 Å². The maximum atomic E-state index is 10.3. The number of hydrogen-bond acceptors (Lipinski definition) is 2. The molecule has 1 fully saturated rings. The lowest BCUT2D eigenvalue weighted by Gasteiger charge is -2.01. The van der Waals surface area contributed by atoms with Crippen LogP contribution in [0.4, 0.5) is 0 Å². The van der Waals surface area contributed by atoms with Crippen LogP contribution in [-0.2, 0) is 9.53 Å². The highest BCUT2D eigenvalue weighted by Gasteiger charge is 2.13. The molecular formula is C17H34O3. The van der Waals surface area contributed by atoms with Gasteiger partial charge in [0.1, 0.15) is 0 Å². The molecule has 0 aromatic heterocycles. The molecule has 0 aliphatic carbocycles. The highest BCUT2D eigenvalue weighted by Crippen LogP contribution is 2.11. The fraction of sp³-hybridized carbons (Fsp3) is 0.941. The van der Waals surface area contributed by atoms with Crippen LogP contribution < -0.4 is 0 Å². The van der Waals surface area contributed by atoms with Crippen LogP contribution in [0.1, 0.15) is 90.9 Å². The van der Waals surface area contributed by atoms with Gasteiger partial charge in [-0.05, 0) is 13.3 Å². The molecule has 1 N–H and O–H groups in total. The summed E-state index contributed by atoms with van der Waals surface area (Å²) in [6.45, 7) is 5.29. The molecule has 0 saturated carbocycles. The van der Waals surface area contributed by atoms with Gasteiger partial charge in [0.15, 0.2) is 0 Å². The SMILES string of the molecule is CC1CO1.CCCCCCCCCCCCCC(=O)O. The van der Waals surface area contributed by atoms with Gasteiger partial charge in [0.05, 0.1) is 12.7 Å². The molecule has 1 rings (SSSR count). The van der Waals surface area contributed by atoms with Crippen LogP contribution in [0.5, 0.6) is 0 Å². The van der Waals surface area contributed by atoms with E-state index >= 15 is 0 Å². The van der Waals surface area contributed by atoms with E-state index < -0.39 is 5.97 Å². The van der Waals surface area contributed by atoms with E-state index in [1.165, 1.54) is 57.8 Å². The number of carboxylic acids is 1. The summed E-state index contributed by atoms with van der Waals surface area (Å²) in [5, 5.41) is 8.46. The van der Waals surface area contributed by atoms with Gasteiger partial charge in [-0.2, -0.15) is 0 Å². The molecule has 3 nitrogen and oxygen atoms in total. The minimum Gasteiger partial charge on any atom is -0.481 e. The largest absolute Gasteiger partial charge is 0.481 e. The first-order valence-corrected chi connectivity index (χ1v) is 8.50. The van der Waals surface area contributed by atoms with Crippen LogP contribution in [-0.4, -0.2) is 23.8 Å². The summed E-state index contributed by atoms with van der Waals surface area (Å²) in [5.41, 5.74) is 0. The lowest BCUT2D eigenvalue weighted by Crippen LogP contribution is -1.93. The van der Waals surface area contributed by atoms with Gasteiger partial charge in [-0.1, -0.05) is 71.1 Å². The van der Waals surface area contributed by atoms with E-state index in [0.717, 1.165) is 19.4 Å². The van der Waals surface area contributed by atoms with Crippen molar-refractivity contribution < 1.29 is 14.6 Å². The first-order chi connectivity index (χ1) is 9.66. The van der Waals surface area contributed by atoms with E-state index in [1.807, 2.05) is 0 Å². The molecular weight excluding hydrogens is 252 g/mol. The van der Waals surface area contributed by atoms with Gasteiger partial charge in [-0.3, -0.25) is 4.79 Å². The second kappa shape index (κ2) is 14.8. The van der Waals surface area contributed by atoms with Crippen LogP contribution in [0, 0.1) is 0 Å². The predicted octanol–water partition coefficient (Wildman–Crippen LogP) is 5.18. The maximum absolute atomic E-state index is 10.3. The summed E-state index contributed by atoms with van der Waals surface area (Å²) in [6, 6.07) is 0. The van der Waals surface area contributed by atoms with Gasteiger partial charge >= 0.3 is 5.97 Å². The summed E-state index contributed by atoms with van der Waals surface area (Å²) in [7, 11) is 0. The third-order valence-electron chi connectivity index (χ3n) is 3.49. The van der Waals surface area contributed by atoms with Crippen LogP contribution in [0.2, 0.25) is 0 Å². The van der Waals surface area contributed by atoms with E-state index in [1.54, 1.807) is 0 Å². The molecule has 1 atom stereocenters. The van der Waals surface area contributed by atoms with Gasteiger partial charge in [-0.25, -0.2) is 0 Å². The molecule has 0 aromatic rings. The van der Waals surface area contributed by atoms with Gasteiger partial charge in [0.25, 0.3) is 0 Å². The second-order valence-corrected chi connectivity index (χ2v) is 5.82. The topological polar surface area (TPSA) is 49.8 Å². The molecule has 0 amide bonds. The van der Waals surface area contributed by atoms with Crippen LogP contribution in [0.15, 0.2) is 0 Å². The van der Waals surface area contributed by atoms with Gasteiger partial charge < -0.3 is 9.84 Å². The zero-order valence-electron chi connectivity index (χ0n) is 13.5. The fourth-order valence-corrected chi connectivity index (χ4v) is 2.04. The Balaban J connectivity index is 0.000000760. The van der Waals surface area contributed by atoms with Crippen LogP contribution in [0.3, 0.4) is 0 Å². The molecule has 20 heavy (non-hydrogen) atoms. The third kappa shape index (κ3) is 19.8. The van der Waals surface area contributed by atoms with Crippen molar-refractivity contribution in [1.29, 1.82) is 0 Å². The van der Waals surface area contributed by atoms with Gasteiger partial charge in [-0.15, -0.1) is 0 Å². The number of ether oxygens (including phenoxy) is 1. The Hall–Kier alpha value is -0.570. The molecule has 1 heterocycles. The lowest BCUT2D eigenvalue weighted by atomic mass is 10.1. The van der Waals surface area contributed by atoms with Crippen molar-refractivity contribution in [3.05, 3.63) is 0 Å². The van der Waals surface area contributed by atoms with Crippen molar-refractivity contribution in [1.82, 2.24) is 0 Å². The standard InChI is InChI=1S/C14H28O2.C3H6O/c1-2-3-4-5-6-7-8-9-10-11-12-13-14(15)16;1-3-2-4-3/h2-13H2,1H3,(H,15,16);3H,2H2,1H3.